The second kappa shape index (κ2) is 2.56. The Morgan fingerprint density at radius 3 is 2.67 bits per heavy atom. The molecule has 0 aliphatic carbocycles. The second-order valence-electron chi connectivity index (χ2n) is 3.10. The minimum Gasteiger partial charge on any atom is -0.189 e. The van der Waals surface area contributed by atoms with Gasteiger partial charge in [-0.2, -0.15) is 4.57 Å². The van der Waals surface area contributed by atoms with Gasteiger partial charge >= 0.3 is 0 Å². The molecule has 0 aliphatic rings. The van der Waals surface area contributed by atoms with Crippen LogP contribution in [0.15, 0.2) is 18.2 Å². The molecule has 0 atom stereocenters. The summed E-state index contributed by atoms with van der Waals surface area (Å²) < 4.78 is 3.64. The van der Waals surface area contributed by atoms with Crippen molar-refractivity contribution >= 4 is 21.6 Å². The summed E-state index contributed by atoms with van der Waals surface area (Å²) in [6, 6.07) is 6.46. The van der Waals surface area contributed by atoms with Crippen LogP contribution in [0, 0.1) is 13.8 Å². The van der Waals surface area contributed by atoms with Gasteiger partial charge in [-0.25, -0.2) is 0 Å². The van der Waals surface area contributed by atoms with E-state index in [1.54, 1.807) is 0 Å². The lowest BCUT2D eigenvalue weighted by Crippen LogP contribution is -2.29. The van der Waals surface area contributed by atoms with E-state index in [4.69, 9.17) is 0 Å². The number of fused-ring (bicyclic) bond motifs is 1. The molecule has 0 aliphatic heterocycles. The number of aryl methyl sites for hydroxylation is 3. The number of benzene rings is 1. The molecule has 2 aromatic rings. The molecule has 0 spiro atoms. The van der Waals surface area contributed by atoms with Crippen molar-refractivity contribution in [1.82, 2.24) is 0 Å². The van der Waals surface area contributed by atoms with E-state index >= 15 is 0 Å². The molecule has 0 unspecified atom stereocenters. The van der Waals surface area contributed by atoms with Crippen molar-refractivity contribution in [1.29, 1.82) is 0 Å². The van der Waals surface area contributed by atoms with Gasteiger partial charge < -0.3 is 0 Å². The van der Waals surface area contributed by atoms with Crippen LogP contribution >= 0.6 is 11.3 Å². The maximum Gasteiger partial charge on any atom is 0.234 e. The molecule has 1 aromatic heterocycles. The molecular formula is C10H12NS+. The van der Waals surface area contributed by atoms with Gasteiger partial charge in [0.15, 0.2) is 0 Å². The Kier molecular flexibility index (Phi) is 1.65. The fourth-order valence-electron chi connectivity index (χ4n) is 1.53. The van der Waals surface area contributed by atoms with Crippen molar-refractivity contribution in [2.75, 3.05) is 0 Å². The first kappa shape index (κ1) is 7.74. The average Bonchev–Trinajstić information content (AvgIpc) is 2.29. The Labute approximate surface area is 76.3 Å². The zero-order chi connectivity index (χ0) is 8.72. The topological polar surface area (TPSA) is 3.88 Å². The van der Waals surface area contributed by atoms with Crippen LogP contribution < -0.4 is 4.57 Å². The summed E-state index contributed by atoms with van der Waals surface area (Å²) in [4.78, 5) is 0. The molecule has 1 nitrogen and oxygen atoms in total. The fourth-order valence-corrected chi connectivity index (χ4v) is 2.62. The first-order valence-electron chi connectivity index (χ1n) is 4.05. The fraction of sp³-hybridized carbons (Fsp3) is 0.300. The molecule has 62 valence electrons. The van der Waals surface area contributed by atoms with E-state index in [0.29, 0.717) is 0 Å². The maximum absolute atomic E-state index is 2.26. The number of hydrogen-bond donors (Lipinski definition) is 0. The summed E-state index contributed by atoms with van der Waals surface area (Å²) >= 11 is 1.86. The Morgan fingerprint density at radius 1 is 1.25 bits per heavy atom. The van der Waals surface area contributed by atoms with Crippen molar-refractivity contribution in [2.45, 2.75) is 13.8 Å². The predicted molar refractivity (Wildman–Crippen MR) is 52.5 cm³/mol. The van der Waals surface area contributed by atoms with Gasteiger partial charge in [-0.05, 0) is 13.0 Å². The summed E-state index contributed by atoms with van der Waals surface area (Å²) in [5.41, 5.74) is 2.74. The number of hydrogen-bond acceptors (Lipinski definition) is 1. The normalized spacial score (nSPS) is 10.9. The van der Waals surface area contributed by atoms with Crippen molar-refractivity contribution in [2.24, 2.45) is 7.05 Å². The number of nitrogens with zero attached hydrogens (tertiary/aromatic N) is 1. The summed E-state index contributed by atoms with van der Waals surface area (Å²) in [6.45, 7) is 4.32. The smallest absolute Gasteiger partial charge is 0.189 e. The van der Waals surface area contributed by atoms with Crippen LogP contribution in [0.1, 0.15) is 10.6 Å². The van der Waals surface area contributed by atoms with Crippen molar-refractivity contribution < 1.29 is 4.57 Å². The quantitative estimate of drug-likeness (QED) is 0.545. The molecular weight excluding hydrogens is 166 g/mol. The van der Waals surface area contributed by atoms with Crippen molar-refractivity contribution in [3.8, 4) is 0 Å². The molecule has 0 saturated heterocycles. The zero-order valence-corrected chi connectivity index (χ0v) is 8.40. The Balaban J connectivity index is 2.97. The van der Waals surface area contributed by atoms with Gasteiger partial charge in [0.2, 0.25) is 10.5 Å². The molecule has 1 aromatic carbocycles. The third-order valence-corrected chi connectivity index (χ3v) is 3.38. The van der Waals surface area contributed by atoms with E-state index in [1.807, 2.05) is 11.3 Å². The SMILES string of the molecule is Cc1cccc2sc(C)[n+](C)c12. The Hall–Kier alpha value is -0.890. The Bertz CT molecular complexity index is 429. The zero-order valence-electron chi connectivity index (χ0n) is 7.59. The summed E-state index contributed by atoms with van der Waals surface area (Å²) in [5.74, 6) is 0. The number of para-hydroxylation sites is 1. The van der Waals surface area contributed by atoms with Crippen LogP contribution in [-0.2, 0) is 7.05 Å². The summed E-state index contributed by atoms with van der Waals surface area (Å²) in [5, 5.41) is 1.36. The van der Waals surface area contributed by atoms with E-state index in [1.165, 1.54) is 20.8 Å². The highest BCUT2D eigenvalue weighted by Gasteiger charge is 2.13. The molecule has 1 heterocycles. The monoisotopic (exact) mass is 178 g/mol. The van der Waals surface area contributed by atoms with Gasteiger partial charge in [0.1, 0.15) is 11.7 Å². The molecule has 0 fully saturated rings. The number of rotatable bonds is 0. The number of aromatic nitrogens is 1. The van der Waals surface area contributed by atoms with Gasteiger partial charge in [0.25, 0.3) is 0 Å². The van der Waals surface area contributed by atoms with Crippen LogP contribution in [0.5, 0.6) is 0 Å². The van der Waals surface area contributed by atoms with Crippen molar-refractivity contribution in [3.63, 3.8) is 0 Å². The molecule has 0 saturated carbocycles. The van der Waals surface area contributed by atoms with Crippen LogP contribution in [0.25, 0.3) is 10.2 Å². The van der Waals surface area contributed by atoms with E-state index in [2.05, 4.69) is 43.7 Å². The van der Waals surface area contributed by atoms with E-state index in [0.717, 1.165) is 0 Å². The molecule has 12 heavy (non-hydrogen) atoms. The standard InChI is InChI=1S/C10H12NS/c1-7-5-4-6-9-10(7)11(3)8(2)12-9/h4-6H,1-3H3/q+1. The van der Waals surface area contributed by atoms with Gasteiger partial charge in [0.05, 0.1) is 0 Å². The lowest BCUT2D eigenvalue weighted by atomic mass is 10.2. The highest BCUT2D eigenvalue weighted by atomic mass is 32.1. The van der Waals surface area contributed by atoms with Crippen LogP contribution in [0.4, 0.5) is 0 Å². The third kappa shape index (κ3) is 0.950. The molecule has 0 radical (unpaired) electrons. The first-order chi connectivity index (χ1) is 5.70. The molecule has 0 N–H and O–H groups in total. The van der Waals surface area contributed by atoms with Gasteiger partial charge in [-0.3, -0.25) is 0 Å². The van der Waals surface area contributed by atoms with E-state index < -0.39 is 0 Å². The van der Waals surface area contributed by atoms with Gasteiger partial charge in [0, 0.05) is 12.5 Å². The highest BCUT2D eigenvalue weighted by Crippen LogP contribution is 2.21. The lowest BCUT2D eigenvalue weighted by molar-refractivity contribution is -0.646. The largest absolute Gasteiger partial charge is 0.234 e. The molecule has 0 bridgehead atoms. The maximum atomic E-state index is 2.26. The predicted octanol–water partition coefficient (Wildman–Crippen LogP) is 2.34. The number of thiazole rings is 1. The highest BCUT2D eigenvalue weighted by molar-refractivity contribution is 7.18. The van der Waals surface area contributed by atoms with Gasteiger partial charge in [-0.15, -0.1) is 0 Å². The first-order valence-corrected chi connectivity index (χ1v) is 4.86. The summed E-state index contributed by atoms with van der Waals surface area (Å²) in [7, 11) is 2.13. The average molecular weight is 178 g/mol. The van der Waals surface area contributed by atoms with Gasteiger partial charge in [-0.1, -0.05) is 23.5 Å². The molecule has 2 heteroatoms. The van der Waals surface area contributed by atoms with Crippen LogP contribution in [0.3, 0.4) is 0 Å². The van der Waals surface area contributed by atoms with Crippen LogP contribution in [0.2, 0.25) is 0 Å². The molecule has 2 rings (SSSR count). The second-order valence-corrected chi connectivity index (χ2v) is 4.34. The third-order valence-electron chi connectivity index (χ3n) is 2.27. The summed E-state index contributed by atoms with van der Waals surface area (Å²) in [6.07, 6.45) is 0. The van der Waals surface area contributed by atoms with Crippen LogP contribution in [-0.4, -0.2) is 0 Å². The van der Waals surface area contributed by atoms with E-state index in [9.17, 15) is 0 Å². The van der Waals surface area contributed by atoms with Crippen molar-refractivity contribution in [3.05, 3.63) is 28.8 Å². The Morgan fingerprint density at radius 2 is 2.00 bits per heavy atom. The van der Waals surface area contributed by atoms with E-state index in [-0.39, 0.29) is 0 Å². The minimum atomic E-state index is 1.36. The lowest BCUT2D eigenvalue weighted by Gasteiger charge is -1.90. The molecule has 0 amide bonds. The minimum absolute atomic E-state index is 1.36.